The van der Waals surface area contributed by atoms with Gasteiger partial charge < -0.3 is 10.2 Å². The molecular formula is C15H29N3O. The minimum atomic E-state index is 0.0687. The molecule has 110 valence electrons. The van der Waals surface area contributed by atoms with Crippen LogP contribution in [0.3, 0.4) is 0 Å². The summed E-state index contributed by atoms with van der Waals surface area (Å²) in [6, 6.07) is 1.13. The Kier molecular flexibility index (Phi) is 5.22. The molecule has 2 aliphatic heterocycles. The van der Waals surface area contributed by atoms with Gasteiger partial charge in [-0.05, 0) is 45.7 Å². The number of piperidine rings is 1. The highest BCUT2D eigenvalue weighted by Gasteiger charge is 2.34. The van der Waals surface area contributed by atoms with Crippen molar-refractivity contribution in [3.05, 3.63) is 0 Å². The highest BCUT2D eigenvalue weighted by atomic mass is 16.2. The van der Waals surface area contributed by atoms with Gasteiger partial charge in [0.05, 0.1) is 6.04 Å². The molecule has 0 spiro atoms. The van der Waals surface area contributed by atoms with Crippen LogP contribution in [-0.2, 0) is 4.79 Å². The van der Waals surface area contributed by atoms with Crippen molar-refractivity contribution in [1.29, 1.82) is 0 Å². The van der Waals surface area contributed by atoms with Crippen molar-refractivity contribution in [2.45, 2.75) is 64.6 Å². The predicted octanol–water partition coefficient (Wildman–Crippen LogP) is 1.46. The Morgan fingerprint density at radius 2 is 2.00 bits per heavy atom. The SMILES string of the molecule is CCN(CC)C1CCN(C(=O)C2CCCC(C)N2)C1. The van der Waals surface area contributed by atoms with E-state index >= 15 is 0 Å². The molecule has 4 heteroatoms. The Hall–Kier alpha value is -0.610. The molecule has 4 nitrogen and oxygen atoms in total. The second-order valence-corrected chi connectivity index (χ2v) is 6.00. The molecule has 0 saturated carbocycles. The molecule has 2 saturated heterocycles. The van der Waals surface area contributed by atoms with E-state index in [-0.39, 0.29) is 6.04 Å². The number of nitrogens with one attached hydrogen (secondary N) is 1. The first-order chi connectivity index (χ1) is 9.15. The molecule has 1 N–H and O–H groups in total. The van der Waals surface area contributed by atoms with E-state index in [9.17, 15) is 4.79 Å². The maximum atomic E-state index is 12.5. The zero-order valence-corrected chi connectivity index (χ0v) is 12.7. The molecule has 0 aromatic heterocycles. The molecule has 0 aromatic carbocycles. The number of likely N-dealkylation sites (tertiary alicyclic amines) is 1. The van der Waals surface area contributed by atoms with E-state index in [4.69, 9.17) is 0 Å². The van der Waals surface area contributed by atoms with Crippen LogP contribution in [-0.4, -0.2) is 60.0 Å². The Morgan fingerprint density at radius 3 is 2.63 bits per heavy atom. The van der Waals surface area contributed by atoms with Gasteiger partial charge in [0, 0.05) is 25.2 Å². The van der Waals surface area contributed by atoms with E-state index in [1.807, 2.05) is 0 Å². The number of carbonyl (C=O) groups excluding carboxylic acids is 1. The monoisotopic (exact) mass is 267 g/mol. The van der Waals surface area contributed by atoms with E-state index < -0.39 is 0 Å². The highest BCUT2D eigenvalue weighted by Crippen LogP contribution is 2.19. The summed E-state index contributed by atoms with van der Waals surface area (Å²) < 4.78 is 0. The van der Waals surface area contributed by atoms with Gasteiger partial charge in [-0.25, -0.2) is 0 Å². The minimum absolute atomic E-state index is 0.0687. The smallest absolute Gasteiger partial charge is 0.239 e. The van der Waals surface area contributed by atoms with Gasteiger partial charge in [0.1, 0.15) is 0 Å². The van der Waals surface area contributed by atoms with Gasteiger partial charge in [0.15, 0.2) is 0 Å². The first kappa shape index (κ1) is 14.8. The van der Waals surface area contributed by atoms with E-state index in [1.54, 1.807) is 0 Å². The number of rotatable bonds is 4. The fraction of sp³-hybridized carbons (Fsp3) is 0.933. The fourth-order valence-electron chi connectivity index (χ4n) is 3.53. The van der Waals surface area contributed by atoms with Crippen molar-refractivity contribution in [2.24, 2.45) is 0 Å². The normalized spacial score (nSPS) is 32.0. The van der Waals surface area contributed by atoms with Crippen molar-refractivity contribution < 1.29 is 4.79 Å². The number of hydrogen-bond acceptors (Lipinski definition) is 3. The first-order valence-corrected chi connectivity index (χ1v) is 7.94. The van der Waals surface area contributed by atoms with Gasteiger partial charge in [0.2, 0.25) is 5.91 Å². The van der Waals surface area contributed by atoms with Gasteiger partial charge in [-0.2, -0.15) is 0 Å². The number of amides is 1. The number of hydrogen-bond donors (Lipinski definition) is 1. The van der Waals surface area contributed by atoms with Gasteiger partial charge in [-0.1, -0.05) is 13.8 Å². The Morgan fingerprint density at radius 1 is 1.26 bits per heavy atom. The van der Waals surface area contributed by atoms with Gasteiger partial charge in [0.25, 0.3) is 0 Å². The molecule has 0 aromatic rings. The lowest BCUT2D eigenvalue weighted by Crippen LogP contribution is -2.51. The molecule has 2 rings (SSSR count). The van der Waals surface area contributed by atoms with Crippen LogP contribution in [0.5, 0.6) is 0 Å². The van der Waals surface area contributed by atoms with Crippen LogP contribution in [0.25, 0.3) is 0 Å². The zero-order valence-electron chi connectivity index (χ0n) is 12.7. The largest absolute Gasteiger partial charge is 0.340 e. The van der Waals surface area contributed by atoms with Crippen molar-refractivity contribution in [1.82, 2.24) is 15.1 Å². The zero-order chi connectivity index (χ0) is 13.8. The minimum Gasteiger partial charge on any atom is -0.340 e. The quantitative estimate of drug-likeness (QED) is 0.837. The lowest BCUT2D eigenvalue weighted by atomic mass is 9.99. The van der Waals surface area contributed by atoms with Crippen LogP contribution in [0.15, 0.2) is 0 Å². The molecule has 3 atom stereocenters. The van der Waals surface area contributed by atoms with Gasteiger partial charge in [-0.15, -0.1) is 0 Å². The van der Waals surface area contributed by atoms with Gasteiger partial charge in [-0.3, -0.25) is 9.69 Å². The molecule has 0 bridgehead atoms. The van der Waals surface area contributed by atoms with Crippen LogP contribution < -0.4 is 5.32 Å². The van der Waals surface area contributed by atoms with Crippen LogP contribution in [0.2, 0.25) is 0 Å². The third-order valence-electron chi connectivity index (χ3n) is 4.72. The Bertz CT molecular complexity index is 304. The molecule has 0 radical (unpaired) electrons. The number of nitrogens with zero attached hydrogens (tertiary/aromatic N) is 2. The molecule has 2 aliphatic rings. The average Bonchev–Trinajstić information content (AvgIpc) is 2.89. The molecule has 1 amide bonds. The van der Waals surface area contributed by atoms with E-state index in [0.717, 1.165) is 39.0 Å². The molecular weight excluding hydrogens is 238 g/mol. The summed E-state index contributed by atoms with van der Waals surface area (Å²) >= 11 is 0. The summed E-state index contributed by atoms with van der Waals surface area (Å²) in [4.78, 5) is 17.1. The maximum absolute atomic E-state index is 12.5. The molecule has 19 heavy (non-hydrogen) atoms. The van der Waals surface area contributed by atoms with Crippen molar-refractivity contribution in [3.8, 4) is 0 Å². The molecule has 2 heterocycles. The van der Waals surface area contributed by atoms with Gasteiger partial charge >= 0.3 is 0 Å². The standard InChI is InChI=1S/C15H29N3O/c1-4-17(5-2)13-9-10-18(11-13)15(19)14-8-6-7-12(3)16-14/h12-14,16H,4-11H2,1-3H3. The summed E-state index contributed by atoms with van der Waals surface area (Å²) in [7, 11) is 0. The summed E-state index contributed by atoms with van der Waals surface area (Å²) in [5, 5.41) is 3.46. The van der Waals surface area contributed by atoms with E-state index in [2.05, 4.69) is 35.9 Å². The summed E-state index contributed by atoms with van der Waals surface area (Å²) in [5.41, 5.74) is 0. The molecule has 2 fully saturated rings. The van der Waals surface area contributed by atoms with Crippen LogP contribution in [0, 0.1) is 0 Å². The molecule has 3 unspecified atom stereocenters. The summed E-state index contributed by atoms with van der Waals surface area (Å²) in [5.74, 6) is 0.334. The highest BCUT2D eigenvalue weighted by molar-refractivity contribution is 5.82. The van der Waals surface area contributed by atoms with Crippen molar-refractivity contribution in [2.75, 3.05) is 26.2 Å². The summed E-state index contributed by atoms with van der Waals surface area (Å²) in [6.45, 7) is 10.6. The third kappa shape index (κ3) is 3.48. The Balaban J connectivity index is 1.87. The maximum Gasteiger partial charge on any atom is 0.239 e. The number of likely N-dealkylation sites (N-methyl/N-ethyl adjacent to an activating group) is 1. The number of carbonyl (C=O) groups is 1. The topological polar surface area (TPSA) is 35.6 Å². The van der Waals surface area contributed by atoms with E-state index in [1.165, 1.54) is 12.8 Å². The third-order valence-corrected chi connectivity index (χ3v) is 4.72. The first-order valence-electron chi connectivity index (χ1n) is 7.94. The van der Waals surface area contributed by atoms with E-state index in [0.29, 0.717) is 18.0 Å². The second kappa shape index (κ2) is 6.71. The van der Waals surface area contributed by atoms with Crippen LogP contribution in [0.4, 0.5) is 0 Å². The predicted molar refractivity (Wildman–Crippen MR) is 78.1 cm³/mol. The Labute approximate surface area is 117 Å². The fourth-order valence-corrected chi connectivity index (χ4v) is 3.53. The average molecular weight is 267 g/mol. The van der Waals surface area contributed by atoms with Crippen LogP contribution >= 0.6 is 0 Å². The van der Waals surface area contributed by atoms with Crippen LogP contribution in [0.1, 0.15) is 46.5 Å². The second-order valence-electron chi connectivity index (χ2n) is 6.00. The lowest BCUT2D eigenvalue weighted by molar-refractivity contribution is -0.133. The molecule has 0 aliphatic carbocycles. The van der Waals surface area contributed by atoms with Crippen molar-refractivity contribution >= 4 is 5.91 Å². The lowest BCUT2D eigenvalue weighted by Gasteiger charge is -2.31. The van der Waals surface area contributed by atoms with Crippen molar-refractivity contribution in [3.63, 3.8) is 0 Å². The summed E-state index contributed by atoms with van der Waals surface area (Å²) in [6.07, 6.45) is 4.52.